The van der Waals surface area contributed by atoms with Crippen LogP contribution in [0.25, 0.3) is 0 Å². The summed E-state index contributed by atoms with van der Waals surface area (Å²) in [6.45, 7) is 3.12. The van der Waals surface area contributed by atoms with Crippen LogP contribution in [0.5, 0.6) is 0 Å². The van der Waals surface area contributed by atoms with Crippen molar-refractivity contribution in [3.63, 3.8) is 0 Å². The molecule has 4 heterocycles. The molecule has 2 aromatic heterocycles. The number of carboxylic acid groups (broad SMARTS) is 2. The van der Waals surface area contributed by atoms with Gasteiger partial charge >= 0.3 is 11.9 Å². The van der Waals surface area contributed by atoms with Crippen LogP contribution in [0.4, 0.5) is 10.9 Å². The molecule has 264 valence electrons. The summed E-state index contributed by atoms with van der Waals surface area (Å²) in [5.74, 6) is -4.02. The van der Waals surface area contributed by atoms with Crippen molar-refractivity contribution in [3.8, 4) is 0 Å². The first-order valence-electron chi connectivity index (χ1n) is 13.4. The monoisotopic (exact) mass is 735 g/mol. The van der Waals surface area contributed by atoms with E-state index in [1.54, 1.807) is 22.6 Å². The summed E-state index contributed by atoms with van der Waals surface area (Å²) < 4.78 is 40.1. The molecular formula is C23H33N11O11S3. The van der Waals surface area contributed by atoms with Crippen molar-refractivity contribution < 1.29 is 56.4 Å². The van der Waals surface area contributed by atoms with Crippen molar-refractivity contribution in [3.05, 3.63) is 28.9 Å². The van der Waals surface area contributed by atoms with Gasteiger partial charge in [0, 0.05) is 41.9 Å². The number of carboxylic acids is 2. The number of thioether (sulfide) groups is 1. The Balaban J connectivity index is 0.00000116. The molecule has 2 amide bonds. The highest BCUT2D eigenvalue weighted by atomic mass is 32.3. The van der Waals surface area contributed by atoms with E-state index < -0.39 is 56.9 Å². The lowest BCUT2D eigenvalue weighted by atomic mass is 10.0. The number of rotatable bonds is 12. The van der Waals surface area contributed by atoms with Crippen LogP contribution in [0.2, 0.25) is 0 Å². The molecule has 1 fully saturated rings. The molecule has 2 aliphatic rings. The van der Waals surface area contributed by atoms with Gasteiger partial charge in [-0.25, -0.2) is 18.0 Å². The fraction of sp³-hybridized carbons (Fsp3) is 0.478. The third-order valence-corrected chi connectivity index (χ3v) is 8.85. The first-order chi connectivity index (χ1) is 22.2. The van der Waals surface area contributed by atoms with E-state index in [0.717, 1.165) is 22.0 Å². The molecule has 2 atom stereocenters. The minimum atomic E-state index is -4.92. The number of nitrogens with two attached hydrogens (primary N) is 4. The van der Waals surface area contributed by atoms with Crippen LogP contribution >= 0.6 is 23.3 Å². The molecule has 1 saturated heterocycles. The van der Waals surface area contributed by atoms with Gasteiger partial charge in [0.1, 0.15) is 17.1 Å². The number of nitrogens with one attached hydrogen (secondary N) is 1. The Morgan fingerprint density at radius 3 is 2.38 bits per heavy atom. The second-order valence-corrected chi connectivity index (χ2v) is 13.4. The minimum absolute atomic E-state index is 0.0111. The number of hydrogen-bond acceptors (Lipinski definition) is 17. The molecular weight excluding hydrogens is 703 g/mol. The van der Waals surface area contributed by atoms with Crippen LogP contribution in [0.3, 0.4) is 0 Å². The highest BCUT2D eigenvalue weighted by Crippen LogP contribution is 2.40. The van der Waals surface area contributed by atoms with E-state index in [0.29, 0.717) is 11.4 Å². The number of nitrogens with zero attached hydrogens (tertiary/aromatic N) is 6. The van der Waals surface area contributed by atoms with Crippen LogP contribution in [0.15, 0.2) is 22.6 Å². The molecule has 0 bridgehead atoms. The number of β-lactam (4-membered cyclic amide) rings is 1. The van der Waals surface area contributed by atoms with Gasteiger partial charge in [-0.15, -0.1) is 21.1 Å². The van der Waals surface area contributed by atoms with Crippen molar-refractivity contribution in [2.24, 2.45) is 23.7 Å². The van der Waals surface area contributed by atoms with Crippen LogP contribution < -0.4 is 32.9 Å². The highest BCUT2D eigenvalue weighted by Gasteiger charge is 2.55. The van der Waals surface area contributed by atoms with Gasteiger partial charge in [-0.2, -0.15) is 9.36 Å². The average Bonchev–Trinajstić information content (AvgIpc) is 3.53. The van der Waals surface area contributed by atoms with E-state index in [1.807, 2.05) is 0 Å². The number of aliphatic carboxylic acids is 2. The highest BCUT2D eigenvalue weighted by molar-refractivity contribution is 8.00. The maximum Gasteiger partial charge on any atom is 0.352 e. The third-order valence-electron chi connectivity index (χ3n) is 6.96. The van der Waals surface area contributed by atoms with Gasteiger partial charge in [-0.1, -0.05) is 5.16 Å². The van der Waals surface area contributed by atoms with Crippen LogP contribution in [-0.2, 0) is 48.0 Å². The Labute approximate surface area is 280 Å². The van der Waals surface area contributed by atoms with Crippen molar-refractivity contribution >= 4 is 74.1 Å². The van der Waals surface area contributed by atoms with Crippen molar-refractivity contribution in [1.82, 2.24) is 24.3 Å². The summed E-state index contributed by atoms with van der Waals surface area (Å²) >= 11 is 2.03. The lowest BCUT2D eigenvalue weighted by Crippen LogP contribution is -2.71. The summed E-state index contributed by atoms with van der Waals surface area (Å²) in [5, 5.41) is 24.9. The van der Waals surface area contributed by atoms with Crippen molar-refractivity contribution in [2.75, 3.05) is 30.3 Å². The van der Waals surface area contributed by atoms with E-state index in [9.17, 15) is 29.4 Å². The lowest BCUT2D eigenvalue weighted by Gasteiger charge is -2.49. The van der Waals surface area contributed by atoms with E-state index >= 15 is 0 Å². The van der Waals surface area contributed by atoms with E-state index in [-0.39, 0.29) is 48.0 Å². The van der Waals surface area contributed by atoms with E-state index in [1.165, 1.54) is 25.6 Å². The largest absolute Gasteiger partial charge is 0.726 e. The molecule has 0 spiro atoms. The Bertz CT molecular complexity index is 1760. The summed E-state index contributed by atoms with van der Waals surface area (Å²) in [6, 6.07) is -1.12. The molecule has 0 unspecified atom stereocenters. The number of amides is 2. The molecule has 2 aliphatic heterocycles. The van der Waals surface area contributed by atoms with Gasteiger partial charge in [0.25, 0.3) is 11.8 Å². The summed E-state index contributed by atoms with van der Waals surface area (Å²) in [7, 11) is -3.20. The van der Waals surface area contributed by atoms with Crippen molar-refractivity contribution in [1.29, 1.82) is 0 Å². The standard InChI is InChI=1S/C23H31N11O7S2.H2O4S/c1-23(2,21(39)40)41-30-12(16-29-22(27)43-31-16)17(35)28-13-18(36)34-14(20(37)38)10(8-42-19(13)34)6-33-7-11(9(4-24)5-25)15(26)32(33)3;1-5(2,3)4/h7,9,13,19,26H,4-6,8,24-25H2,1-3H3,(H5,27,28,29,31,35,37,38,39,40);(H2,1,2,3,4)/b30-12-;/t13-,19-;/m1./s1. The van der Waals surface area contributed by atoms with Gasteiger partial charge in [0.15, 0.2) is 17.5 Å². The zero-order valence-corrected chi connectivity index (χ0v) is 27.9. The van der Waals surface area contributed by atoms with Crippen LogP contribution in [-0.4, -0.2) is 112 Å². The number of fused-ring (bicyclic) bond motifs is 1. The van der Waals surface area contributed by atoms with E-state index in [2.05, 4.69) is 19.8 Å². The minimum Gasteiger partial charge on any atom is -0.726 e. The predicted octanol–water partition coefficient (Wildman–Crippen LogP) is -3.64. The first-order valence-corrected chi connectivity index (χ1v) is 16.6. The predicted molar refractivity (Wildman–Crippen MR) is 167 cm³/mol. The summed E-state index contributed by atoms with van der Waals surface area (Å²) in [4.78, 5) is 60.4. The number of aromatic nitrogens is 4. The second kappa shape index (κ2) is 14.8. The van der Waals surface area contributed by atoms with E-state index in [4.69, 9.17) is 45.3 Å². The lowest BCUT2D eigenvalue weighted by molar-refractivity contribution is -0.765. The molecule has 0 aliphatic carbocycles. The Kier molecular flexibility index (Phi) is 11.7. The molecule has 22 nitrogen and oxygen atoms in total. The third kappa shape index (κ3) is 8.54. The SMILES string of the molecule is Cn1c(N)c(C(CN)CN)c[n+]1CC1=C(C(=O)O)N2C(=O)[C@@H](NC(=O)/C(=N\OC(C)(C)C(=O)O)c3nsc(N)n3)[C@H]2SC1.O=S(=O)([O-])O. The van der Waals surface area contributed by atoms with Crippen LogP contribution in [0.1, 0.15) is 31.2 Å². The van der Waals surface area contributed by atoms with Gasteiger partial charge < -0.3 is 47.9 Å². The number of carbonyl (C=O) groups is 4. The molecule has 12 N–H and O–H groups in total. The molecule has 0 saturated carbocycles. The molecule has 4 rings (SSSR count). The van der Waals surface area contributed by atoms with Gasteiger partial charge in [-0.05, 0) is 13.8 Å². The molecule has 48 heavy (non-hydrogen) atoms. The Hall–Kier alpha value is -4.40. The normalized spacial score (nSPS) is 18.1. The first kappa shape index (κ1) is 38.1. The smallest absolute Gasteiger partial charge is 0.352 e. The maximum absolute atomic E-state index is 13.2. The van der Waals surface area contributed by atoms with Gasteiger partial charge in [-0.3, -0.25) is 19.0 Å². The second-order valence-electron chi connectivity index (χ2n) is 10.6. The number of anilines is 2. The zero-order chi connectivity index (χ0) is 36.3. The molecule has 0 aromatic carbocycles. The molecule has 2 aromatic rings. The number of carbonyl (C=O) groups excluding carboxylic acids is 2. The number of oxime groups is 1. The fourth-order valence-corrected chi connectivity index (χ4v) is 6.15. The molecule has 25 heteroatoms. The Morgan fingerprint density at radius 1 is 1.27 bits per heavy atom. The van der Waals surface area contributed by atoms with Gasteiger partial charge in [0.2, 0.25) is 33.7 Å². The molecule has 0 radical (unpaired) electrons. The number of nitrogen functional groups attached to an aromatic ring is 2. The maximum atomic E-state index is 13.2. The van der Waals surface area contributed by atoms with Gasteiger partial charge in [0.05, 0.1) is 12.6 Å². The van der Waals surface area contributed by atoms with Crippen molar-refractivity contribution in [2.45, 2.75) is 43.3 Å². The summed E-state index contributed by atoms with van der Waals surface area (Å²) in [5.41, 5.74) is 22.2. The average molecular weight is 736 g/mol. The topological polar surface area (TPSA) is 362 Å². The fourth-order valence-electron chi connectivity index (χ4n) is 4.38. The summed E-state index contributed by atoms with van der Waals surface area (Å²) in [6.07, 6.45) is 1.76. The Morgan fingerprint density at radius 2 is 1.88 bits per heavy atom. The number of hydrogen-bond donors (Lipinski definition) is 8. The zero-order valence-electron chi connectivity index (χ0n) is 25.5. The quantitative estimate of drug-likeness (QED) is 0.0260. The van der Waals surface area contributed by atoms with Crippen LogP contribution in [0, 0.1) is 0 Å².